The molecule has 0 unspecified atom stereocenters. The number of nitrogens with zero attached hydrogens (tertiary/aromatic N) is 3. The van der Waals surface area contributed by atoms with Crippen molar-refractivity contribution >= 4 is 15.9 Å². The van der Waals surface area contributed by atoms with Crippen molar-refractivity contribution in [3.8, 4) is 28.9 Å². The van der Waals surface area contributed by atoms with Crippen LogP contribution in [-0.4, -0.2) is 10.1 Å². The molecular formula is C15H7BrFN3O. The molecule has 1 heterocycles. The molecule has 6 heteroatoms. The normalized spacial score (nSPS) is 10.3. The summed E-state index contributed by atoms with van der Waals surface area (Å²) in [6.07, 6.45) is 0. The summed E-state index contributed by atoms with van der Waals surface area (Å²) in [4.78, 5) is 4.28. The molecule has 21 heavy (non-hydrogen) atoms. The van der Waals surface area contributed by atoms with Crippen LogP contribution >= 0.6 is 15.9 Å². The lowest BCUT2D eigenvalue weighted by Gasteiger charge is -1.98. The van der Waals surface area contributed by atoms with E-state index < -0.39 is 0 Å². The van der Waals surface area contributed by atoms with Gasteiger partial charge in [-0.05, 0) is 52.3 Å². The summed E-state index contributed by atoms with van der Waals surface area (Å²) in [7, 11) is 0. The predicted molar refractivity (Wildman–Crippen MR) is 77.5 cm³/mol. The van der Waals surface area contributed by atoms with E-state index in [9.17, 15) is 4.39 Å². The Hall–Kier alpha value is -2.52. The first kappa shape index (κ1) is 13.5. The molecule has 0 radical (unpaired) electrons. The molecule has 1 aromatic heterocycles. The molecule has 0 amide bonds. The van der Waals surface area contributed by atoms with Gasteiger partial charge in [-0.1, -0.05) is 11.2 Å². The van der Waals surface area contributed by atoms with Crippen LogP contribution in [0.15, 0.2) is 51.5 Å². The first-order chi connectivity index (χ1) is 10.2. The monoisotopic (exact) mass is 343 g/mol. The minimum absolute atomic E-state index is 0.304. The molecule has 4 nitrogen and oxygen atoms in total. The van der Waals surface area contributed by atoms with Crippen LogP contribution in [0.2, 0.25) is 0 Å². The molecule has 0 aliphatic heterocycles. The molecule has 0 aliphatic carbocycles. The molecule has 3 rings (SSSR count). The average molecular weight is 344 g/mol. The third kappa shape index (κ3) is 2.69. The van der Waals surface area contributed by atoms with E-state index in [1.165, 1.54) is 12.1 Å². The number of nitriles is 1. The van der Waals surface area contributed by atoms with Gasteiger partial charge in [0.1, 0.15) is 5.82 Å². The van der Waals surface area contributed by atoms with Gasteiger partial charge in [-0.3, -0.25) is 0 Å². The third-order valence-electron chi connectivity index (χ3n) is 2.84. The van der Waals surface area contributed by atoms with Gasteiger partial charge in [0, 0.05) is 15.6 Å². The highest BCUT2D eigenvalue weighted by Gasteiger charge is 2.13. The zero-order valence-corrected chi connectivity index (χ0v) is 12.1. The second kappa shape index (κ2) is 5.46. The lowest BCUT2D eigenvalue weighted by atomic mass is 10.1. The Labute approximate surface area is 128 Å². The minimum atomic E-state index is -0.351. The maximum atomic E-state index is 13.1. The summed E-state index contributed by atoms with van der Waals surface area (Å²) in [5.41, 5.74) is 1.80. The van der Waals surface area contributed by atoms with Crippen molar-refractivity contribution in [3.63, 3.8) is 0 Å². The van der Waals surface area contributed by atoms with Gasteiger partial charge >= 0.3 is 0 Å². The lowest BCUT2D eigenvalue weighted by molar-refractivity contribution is 0.432. The van der Waals surface area contributed by atoms with E-state index in [2.05, 4.69) is 32.1 Å². The molecule has 102 valence electrons. The molecule has 3 aromatic rings. The van der Waals surface area contributed by atoms with Crippen LogP contribution in [0.5, 0.6) is 0 Å². The molecule has 0 atom stereocenters. The Balaban J connectivity index is 2.02. The zero-order valence-electron chi connectivity index (χ0n) is 10.5. The van der Waals surface area contributed by atoms with Gasteiger partial charge in [0.05, 0.1) is 11.6 Å². The van der Waals surface area contributed by atoms with Gasteiger partial charge in [0.15, 0.2) is 0 Å². The number of aromatic nitrogens is 2. The number of halogens is 2. The number of hydrogen-bond acceptors (Lipinski definition) is 4. The van der Waals surface area contributed by atoms with E-state index >= 15 is 0 Å². The van der Waals surface area contributed by atoms with Crippen molar-refractivity contribution in [1.29, 1.82) is 5.26 Å². The van der Waals surface area contributed by atoms with Crippen molar-refractivity contribution in [2.45, 2.75) is 0 Å². The van der Waals surface area contributed by atoms with E-state index in [4.69, 9.17) is 9.78 Å². The van der Waals surface area contributed by atoms with E-state index in [1.54, 1.807) is 30.3 Å². The summed E-state index contributed by atoms with van der Waals surface area (Å²) in [6, 6.07) is 13.2. The summed E-state index contributed by atoms with van der Waals surface area (Å²) in [5.74, 6) is 0.300. The quantitative estimate of drug-likeness (QED) is 0.700. The van der Waals surface area contributed by atoms with Crippen molar-refractivity contribution in [2.75, 3.05) is 0 Å². The highest BCUT2D eigenvalue weighted by molar-refractivity contribution is 9.10. The highest BCUT2D eigenvalue weighted by atomic mass is 79.9. The molecule has 0 fully saturated rings. The zero-order chi connectivity index (χ0) is 14.8. The van der Waals surface area contributed by atoms with Crippen LogP contribution in [-0.2, 0) is 0 Å². The Bertz CT molecular complexity index is 854. The van der Waals surface area contributed by atoms with Crippen LogP contribution < -0.4 is 0 Å². The van der Waals surface area contributed by atoms with Crippen molar-refractivity contribution in [2.24, 2.45) is 0 Å². The summed E-state index contributed by atoms with van der Waals surface area (Å²) < 4.78 is 18.8. The van der Waals surface area contributed by atoms with Gasteiger partial charge in [0.2, 0.25) is 5.82 Å². The maximum Gasteiger partial charge on any atom is 0.258 e. The largest absolute Gasteiger partial charge is 0.334 e. The van der Waals surface area contributed by atoms with Crippen LogP contribution in [0.1, 0.15) is 5.56 Å². The van der Waals surface area contributed by atoms with E-state index in [0.717, 1.165) is 0 Å². The van der Waals surface area contributed by atoms with Crippen molar-refractivity contribution in [3.05, 3.63) is 58.3 Å². The Kier molecular flexibility index (Phi) is 3.50. The number of rotatable bonds is 2. The fourth-order valence-corrected chi connectivity index (χ4v) is 2.37. The van der Waals surface area contributed by atoms with Crippen LogP contribution in [0.25, 0.3) is 22.8 Å². The first-order valence-electron chi connectivity index (χ1n) is 5.97. The molecule has 0 saturated carbocycles. The Morgan fingerprint density at radius 2 is 2.05 bits per heavy atom. The van der Waals surface area contributed by atoms with Gasteiger partial charge in [0.25, 0.3) is 5.89 Å². The highest BCUT2D eigenvalue weighted by Crippen LogP contribution is 2.28. The lowest BCUT2D eigenvalue weighted by Crippen LogP contribution is -1.85. The van der Waals surface area contributed by atoms with Gasteiger partial charge in [-0.2, -0.15) is 10.2 Å². The van der Waals surface area contributed by atoms with Crippen LogP contribution in [0, 0.1) is 17.1 Å². The van der Waals surface area contributed by atoms with Crippen LogP contribution in [0.3, 0.4) is 0 Å². The molecule has 2 aromatic carbocycles. The second-order valence-electron chi connectivity index (χ2n) is 4.24. The fraction of sp³-hybridized carbons (Fsp3) is 0. The number of benzene rings is 2. The topological polar surface area (TPSA) is 62.7 Å². The van der Waals surface area contributed by atoms with Crippen LogP contribution in [0.4, 0.5) is 4.39 Å². The summed E-state index contributed by atoms with van der Waals surface area (Å²) in [5, 5.41) is 12.8. The Morgan fingerprint density at radius 1 is 1.19 bits per heavy atom. The SMILES string of the molecule is N#Cc1cccc(-c2nc(-c3ccc(F)cc3Br)no2)c1. The maximum absolute atomic E-state index is 13.1. The van der Waals surface area contributed by atoms with Gasteiger partial charge in [-0.25, -0.2) is 4.39 Å². The predicted octanol–water partition coefficient (Wildman–Crippen LogP) is 4.18. The summed E-state index contributed by atoms with van der Waals surface area (Å²) >= 11 is 3.27. The van der Waals surface area contributed by atoms with E-state index in [0.29, 0.717) is 32.9 Å². The second-order valence-corrected chi connectivity index (χ2v) is 5.09. The third-order valence-corrected chi connectivity index (χ3v) is 3.49. The summed E-state index contributed by atoms with van der Waals surface area (Å²) in [6.45, 7) is 0. The smallest absolute Gasteiger partial charge is 0.258 e. The molecule has 0 aliphatic rings. The minimum Gasteiger partial charge on any atom is -0.334 e. The molecule has 0 saturated heterocycles. The standard InChI is InChI=1S/C15H7BrFN3O/c16-13-7-11(17)4-5-12(13)14-19-15(21-20-14)10-3-1-2-9(6-10)8-18/h1-7H. The van der Waals surface area contributed by atoms with Crippen molar-refractivity contribution < 1.29 is 8.91 Å². The molecule has 0 N–H and O–H groups in total. The Morgan fingerprint density at radius 3 is 2.81 bits per heavy atom. The van der Waals surface area contributed by atoms with E-state index in [1.807, 2.05) is 0 Å². The van der Waals surface area contributed by atoms with Gasteiger partial charge < -0.3 is 4.52 Å². The number of hydrogen-bond donors (Lipinski definition) is 0. The fourth-order valence-electron chi connectivity index (χ4n) is 1.84. The molecular weight excluding hydrogens is 337 g/mol. The molecule has 0 bridgehead atoms. The molecule has 0 spiro atoms. The van der Waals surface area contributed by atoms with Gasteiger partial charge in [-0.15, -0.1) is 0 Å². The van der Waals surface area contributed by atoms with E-state index in [-0.39, 0.29) is 5.82 Å². The first-order valence-corrected chi connectivity index (χ1v) is 6.76. The van der Waals surface area contributed by atoms with Crippen molar-refractivity contribution in [1.82, 2.24) is 10.1 Å². The average Bonchev–Trinajstić information content (AvgIpc) is 2.97.